The minimum absolute atomic E-state index is 0.0544. The summed E-state index contributed by atoms with van der Waals surface area (Å²) in [6, 6.07) is 0. The fraction of sp³-hybridized carbons (Fsp3) is 0.844. The van der Waals surface area contributed by atoms with Gasteiger partial charge in [-0.15, -0.1) is 0 Å². The highest BCUT2D eigenvalue weighted by Crippen LogP contribution is 2.74. The lowest BCUT2D eigenvalue weighted by molar-refractivity contribution is -0.274. The number of carbonyl (C=O) groups excluding carboxylic acids is 5. The molecule has 0 spiro atoms. The number of rotatable bonds is 2. The average molecular weight is 619 g/mol. The van der Waals surface area contributed by atoms with E-state index in [9.17, 15) is 34.5 Å². The average Bonchev–Trinajstić information content (AvgIpc) is 3.59. The minimum Gasteiger partial charge on any atom is -0.462 e. The van der Waals surface area contributed by atoms with E-state index in [1.807, 2.05) is 13.8 Å². The Bertz CT molecular complexity index is 1390. The number of hydrogen-bond acceptors (Lipinski definition) is 12. The third-order valence-corrected chi connectivity index (χ3v) is 13.9. The number of ketones is 2. The first-order chi connectivity index (χ1) is 20.3. The predicted molar refractivity (Wildman–Crippen MR) is 146 cm³/mol. The Morgan fingerprint density at radius 2 is 1.55 bits per heavy atom. The van der Waals surface area contributed by atoms with Gasteiger partial charge in [0.1, 0.15) is 41.9 Å². The fourth-order valence-electron chi connectivity index (χ4n) is 11.7. The number of Topliss-reactive ketones (excluding diaryl/α,β-unsaturated/α-hetero) is 2. The molecule has 17 atom stereocenters. The number of aliphatic hydroxyl groups excluding tert-OH is 1. The van der Waals surface area contributed by atoms with Gasteiger partial charge in [0.15, 0.2) is 11.4 Å². The van der Waals surface area contributed by atoms with E-state index < -0.39 is 117 Å². The number of aliphatic hydroxyl groups is 3. The first kappa shape index (κ1) is 30.3. The van der Waals surface area contributed by atoms with Crippen LogP contribution in [0.5, 0.6) is 0 Å². The zero-order chi connectivity index (χ0) is 32.3. The van der Waals surface area contributed by atoms with Crippen LogP contribution < -0.4 is 0 Å². The quantitative estimate of drug-likeness (QED) is 0.221. The predicted octanol–water partition coefficient (Wildman–Crippen LogP) is 0.498. The number of epoxide rings is 1. The zero-order valence-corrected chi connectivity index (χ0v) is 26.1. The molecule has 5 aliphatic carbocycles. The Labute approximate surface area is 255 Å². The van der Waals surface area contributed by atoms with Crippen LogP contribution in [0.15, 0.2) is 0 Å². The van der Waals surface area contributed by atoms with Crippen LogP contribution in [0, 0.1) is 51.8 Å². The third kappa shape index (κ3) is 3.16. The highest BCUT2D eigenvalue weighted by molar-refractivity contribution is 5.98. The van der Waals surface area contributed by atoms with Gasteiger partial charge in [-0.1, -0.05) is 27.7 Å². The number of hydrogen-bond donors (Lipinski definition) is 3. The molecule has 2 aliphatic heterocycles. The maximum atomic E-state index is 15.1. The van der Waals surface area contributed by atoms with Gasteiger partial charge >= 0.3 is 17.9 Å². The van der Waals surface area contributed by atoms with E-state index in [0.717, 1.165) is 0 Å². The van der Waals surface area contributed by atoms with E-state index in [2.05, 4.69) is 0 Å². The molecule has 0 aromatic heterocycles. The maximum absolute atomic E-state index is 15.1. The van der Waals surface area contributed by atoms with Crippen LogP contribution >= 0.6 is 0 Å². The largest absolute Gasteiger partial charge is 0.462 e. The van der Waals surface area contributed by atoms with Gasteiger partial charge < -0.3 is 34.3 Å². The summed E-state index contributed by atoms with van der Waals surface area (Å²) in [5.74, 6) is -7.84. The molecule has 12 heteroatoms. The van der Waals surface area contributed by atoms with Gasteiger partial charge in [0.25, 0.3) is 0 Å². The van der Waals surface area contributed by atoms with Gasteiger partial charge in [-0.3, -0.25) is 19.2 Å². The summed E-state index contributed by atoms with van der Waals surface area (Å²) in [5, 5.41) is 35.5. The van der Waals surface area contributed by atoms with Crippen LogP contribution in [-0.2, 0) is 42.9 Å². The second-order valence-corrected chi connectivity index (χ2v) is 15.6. The molecule has 2 saturated heterocycles. The summed E-state index contributed by atoms with van der Waals surface area (Å²) in [4.78, 5) is 67.5. The molecule has 5 saturated carbocycles. The smallest absolute Gasteiger partial charge is 0.338 e. The maximum Gasteiger partial charge on any atom is 0.338 e. The molecule has 242 valence electrons. The summed E-state index contributed by atoms with van der Waals surface area (Å²) in [6.45, 7) is 11.0. The Kier molecular flexibility index (Phi) is 5.97. The third-order valence-electron chi connectivity index (χ3n) is 13.9. The first-order valence-corrected chi connectivity index (χ1v) is 15.7. The fourth-order valence-corrected chi connectivity index (χ4v) is 11.7. The second-order valence-electron chi connectivity index (χ2n) is 15.6. The van der Waals surface area contributed by atoms with Crippen LogP contribution in [0.1, 0.15) is 67.7 Å². The lowest BCUT2D eigenvalue weighted by Gasteiger charge is -2.65. The van der Waals surface area contributed by atoms with Crippen molar-refractivity contribution in [2.75, 3.05) is 0 Å². The molecule has 44 heavy (non-hydrogen) atoms. The van der Waals surface area contributed by atoms with Crippen LogP contribution in [0.3, 0.4) is 0 Å². The van der Waals surface area contributed by atoms with Crippen molar-refractivity contribution in [1.29, 1.82) is 0 Å². The molecular formula is C32H42O12. The standard InChI is InChI=1S/C32H42O12/c1-11-8-17-30(6,31(7,39)27(38)44-17)21-19(11)28(4)16(41-12(2)33)9-14-18(20(28)23(21)36)22(35)25(37)32(40)10-15-24(43-15)26(29(14,32)5)42-13(3)34/h11,14-21,24-26,37,39-40H,8-10H2,1-7H3/t11-,14+,15+,16+,17-,18-,19+,20+,21+,24+,25+,26+,28-,29+,30+,31-,32+/m1/s1. The van der Waals surface area contributed by atoms with Gasteiger partial charge in [0.05, 0.1) is 11.5 Å². The Morgan fingerprint density at radius 1 is 0.909 bits per heavy atom. The normalized spacial score (nSPS) is 58.4. The van der Waals surface area contributed by atoms with Gasteiger partial charge in [0, 0.05) is 48.9 Å². The van der Waals surface area contributed by atoms with Crippen molar-refractivity contribution in [2.45, 2.75) is 116 Å². The van der Waals surface area contributed by atoms with E-state index in [4.69, 9.17) is 18.9 Å². The van der Waals surface area contributed by atoms with E-state index in [0.29, 0.717) is 6.42 Å². The highest BCUT2D eigenvalue weighted by atomic mass is 16.6. The molecule has 0 unspecified atom stereocenters. The van der Waals surface area contributed by atoms with Crippen LogP contribution in [-0.4, -0.2) is 92.6 Å². The number of carbonyl (C=O) groups is 5. The van der Waals surface area contributed by atoms with Crippen molar-refractivity contribution in [2.24, 2.45) is 51.8 Å². The summed E-state index contributed by atoms with van der Waals surface area (Å²) < 4.78 is 23.3. The highest BCUT2D eigenvalue weighted by Gasteiger charge is 2.84. The van der Waals surface area contributed by atoms with Crippen LogP contribution in [0.4, 0.5) is 0 Å². The molecule has 2 heterocycles. The Morgan fingerprint density at radius 3 is 2.16 bits per heavy atom. The van der Waals surface area contributed by atoms with Crippen molar-refractivity contribution in [3.63, 3.8) is 0 Å². The van der Waals surface area contributed by atoms with Gasteiger partial charge in [0.2, 0.25) is 0 Å². The summed E-state index contributed by atoms with van der Waals surface area (Å²) in [6.07, 6.45) is -5.34. The Hall–Kier alpha value is -2.41. The molecule has 0 aromatic carbocycles. The molecule has 0 radical (unpaired) electrons. The topological polar surface area (TPSA) is 186 Å². The van der Waals surface area contributed by atoms with Gasteiger partial charge in [-0.05, 0) is 37.5 Å². The lowest BCUT2D eigenvalue weighted by atomic mass is 9.40. The monoisotopic (exact) mass is 618 g/mol. The van der Waals surface area contributed by atoms with Gasteiger partial charge in [-0.2, -0.15) is 0 Å². The van der Waals surface area contributed by atoms with Crippen molar-refractivity contribution in [1.82, 2.24) is 0 Å². The van der Waals surface area contributed by atoms with Crippen molar-refractivity contribution in [3.05, 3.63) is 0 Å². The number of fused-ring (bicyclic) bond motifs is 10. The molecule has 7 rings (SSSR count). The van der Waals surface area contributed by atoms with Crippen molar-refractivity contribution < 1.29 is 58.2 Å². The molecule has 7 fully saturated rings. The van der Waals surface area contributed by atoms with E-state index in [1.165, 1.54) is 20.8 Å². The van der Waals surface area contributed by atoms with Crippen LogP contribution in [0.2, 0.25) is 0 Å². The van der Waals surface area contributed by atoms with Crippen molar-refractivity contribution in [3.8, 4) is 0 Å². The molecule has 7 aliphatic rings. The van der Waals surface area contributed by atoms with Gasteiger partial charge in [-0.25, -0.2) is 4.79 Å². The molecule has 0 amide bonds. The summed E-state index contributed by atoms with van der Waals surface area (Å²) in [7, 11) is 0. The zero-order valence-electron chi connectivity index (χ0n) is 26.1. The van der Waals surface area contributed by atoms with Crippen LogP contribution in [0.25, 0.3) is 0 Å². The molecule has 3 N–H and O–H groups in total. The molecule has 0 bridgehead atoms. The second kappa shape index (κ2) is 8.68. The summed E-state index contributed by atoms with van der Waals surface area (Å²) in [5.41, 5.74) is -7.98. The molecule has 0 aromatic rings. The molecule has 12 nitrogen and oxygen atoms in total. The van der Waals surface area contributed by atoms with E-state index in [-0.39, 0.29) is 24.5 Å². The minimum atomic E-state index is -2.05. The Balaban J connectivity index is 1.44. The SMILES string of the molecule is CC(=O)O[C@H]1C[C@H]2[C@@H](C(=O)[C@H](O)[C@@]3(O)C[C@@H]4O[C@@H]4[C@H](OC(C)=O)[C@]23C)[C@H]2C(=O)[C@@H]3[C@H]([C@H](C)C[C@H]4OC(=O)[C@@](C)(O)[C@]34C)[C@@]12C. The lowest BCUT2D eigenvalue weighted by Crippen LogP contribution is -2.77. The first-order valence-electron chi connectivity index (χ1n) is 15.7. The summed E-state index contributed by atoms with van der Waals surface area (Å²) >= 11 is 0. The molecular weight excluding hydrogens is 576 g/mol. The van der Waals surface area contributed by atoms with Crippen molar-refractivity contribution >= 4 is 29.5 Å². The van der Waals surface area contributed by atoms with E-state index >= 15 is 4.79 Å². The number of ether oxygens (including phenoxy) is 4. The number of esters is 3. The van der Waals surface area contributed by atoms with E-state index in [1.54, 1.807) is 13.8 Å².